The first-order valence-corrected chi connectivity index (χ1v) is 8.81. The molecule has 0 fully saturated rings. The molecule has 29 heavy (non-hydrogen) atoms. The van der Waals surface area contributed by atoms with Crippen LogP contribution in [0.4, 0.5) is 8.78 Å². The van der Waals surface area contributed by atoms with E-state index in [4.69, 9.17) is 0 Å². The van der Waals surface area contributed by atoms with Crippen molar-refractivity contribution in [2.75, 3.05) is 20.1 Å². The number of hydrogen-bond donors (Lipinski definition) is 3. The van der Waals surface area contributed by atoms with Gasteiger partial charge in [-0.3, -0.25) is 9.79 Å². The Hall–Kier alpha value is -2.43. The second-order valence-electron chi connectivity index (χ2n) is 5.96. The van der Waals surface area contributed by atoms with Gasteiger partial charge in [-0.15, -0.1) is 24.0 Å². The van der Waals surface area contributed by atoms with Crippen LogP contribution in [0.15, 0.2) is 53.5 Å². The zero-order valence-corrected chi connectivity index (χ0v) is 18.6. The van der Waals surface area contributed by atoms with Crippen molar-refractivity contribution in [2.45, 2.75) is 20.1 Å². The molecule has 0 radical (unpaired) electrons. The van der Waals surface area contributed by atoms with Gasteiger partial charge in [-0.2, -0.15) is 8.78 Å². The van der Waals surface area contributed by atoms with E-state index in [1.807, 2.05) is 25.1 Å². The molecule has 6 nitrogen and oxygen atoms in total. The minimum atomic E-state index is -2.88. The summed E-state index contributed by atoms with van der Waals surface area (Å²) >= 11 is 0. The summed E-state index contributed by atoms with van der Waals surface area (Å²) in [5.74, 6) is 0.453. The smallest absolute Gasteiger partial charge is 0.387 e. The van der Waals surface area contributed by atoms with Crippen molar-refractivity contribution in [1.82, 2.24) is 16.0 Å². The van der Waals surface area contributed by atoms with Gasteiger partial charge in [0.15, 0.2) is 5.96 Å². The standard InChI is InChI=1S/C20H24F2N4O2.HI/c1-14-6-5-8-15(12-14)18(27)24-10-11-25-20(23-2)26-13-16-7-3-4-9-17(16)28-19(21)22;/h3-9,12,19H,10-11,13H2,1-2H3,(H,24,27)(H2,23,25,26);1H. The van der Waals surface area contributed by atoms with E-state index >= 15 is 0 Å². The molecule has 0 spiro atoms. The van der Waals surface area contributed by atoms with Crippen molar-refractivity contribution < 1.29 is 18.3 Å². The molecule has 2 aromatic carbocycles. The van der Waals surface area contributed by atoms with Crippen LogP contribution >= 0.6 is 24.0 Å². The Morgan fingerprint density at radius 1 is 1.07 bits per heavy atom. The van der Waals surface area contributed by atoms with Crippen molar-refractivity contribution in [3.63, 3.8) is 0 Å². The van der Waals surface area contributed by atoms with Gasteiger partial charge >= 0.3 is 6.61 Å². The summed E-state index contributed by atoms with van der Waals surface area (Å²) in [4.78, 5) is 16.2. The number of hydrogen-bond acceptors (Lipinski definition) is 3. The summed E-state index contributed by atoms with van der Waals surface area (Å²) in [6, 6.07) is 13.9. The minimum absolute atomic E-state index is 0. The largest absolute Gasteiger partial charge is 0.434 e. The van der Waals surface area contributed by atoms with Gasteiger partial charge in [0, 0.05) is 37.8 Å². The number of ether oxygens (including phenoxy) is 1. The molecule has 1 amide bonds. The molecule has 0 heterocycles. The van der Waals surface area contributed by atoms with E-state index in [1.165, 1.54) is 6.07 Å². The predicted molar refractivity (Wildman–Crippen MR) is 120 cm³/mol. The zero-order valence-electron chi connectivity index (χ0n) is 16.2. The fraction of sp³-hybridized carbons (Fsp3) is 0.300. The van der Waals surface area contributed by atoms with Gasteiger partial charge in [0.2, 0.25) is 0 Å². The number of carbonyl (C=O) groups excluding carboxylic acids is 1. The van der Waals surface area contributed by atoms with E-state index in [-0.39, 0.29) is 42.2 Å². The molecule has 2 aromatic rings. The highest BCUT2D eigenvalue weighted by molar-refractivity contribution is 14.0. The lowest BCUT2D eigenvalue weighted by molar-refractivity contribution is -0.0504. The minimum Gasteiger partial charge on any atom is -0.434 e. The van der Waals surface area contributed by atoms with Crippen LogP contribution in [0.3, 0.4) is 0 Å². The van der Waals surface area contributed by atoms with Crippen LogP contribution in [-0.4, -0.2) is 38.6 Å². The number of aliphatic imine (C=N–C) groups is 1. The average Bonchev–Trinajstić information content (AvgIpc) is 2.68. The number of nitrogens with zero attached hydrogens (tertiary/aromatic N) is 1. The maximum atomic E-state index is 12.5. The molecule has 3 N–H and O–H groups in total. The number of para-hydroxylation sites is 1. The Labute approximate surface area is 186 Å². The van der Waals surface area contributed by atoms with Crippen LogP contribution in [-0.2, 0) is 6.54 Å². The lowest BCUT2D eigenvalue weighted by Crippen LogP contribution is -2.41. The van der Waals surface area contributed by atoms with Gasteiger partial charge in [-0.1, -0.05) is 35.9 Å². The monoisotopic (exact) mass is 518 g/mol. The third kappa shape index (κ3) is 8.63. The molecule has 0 unspecified atom stereocenters. The highest BCUT2D eigenvalue weighted by Gasteiger charge is 2.09. The van der Waals surface area contributed by atoms with Crippen LogP contribution in [0.25, 0.3) is 0 Å². The molecular weight excluding hydrogens is 493 g/mol. The van der Waals surface area contributed by atoms with Gasteiger partial charge in [0.25, 0.3) is 5.91 Å². The van der Waals surface area contributed by atoms with Gasteiger partial charge in [-0.25, -0.2) is 0 Å². The van der Waals surface area contributed by atoms with Gasteiger partial charge in [-0.05, 0) is 25.1 Å². The molecule has 9 heteroatoms. The molecule has 0 bridgehead atoms. The maximum Gasteiger partial charge on any atom is 0.387 e. The highest BCUT2D eigenvalue weighted by Crippen LogP contribution is 2.19. The molecule has 0 atom stereocenters. The van der Waals surface area contributed by atoms with E-state index in [2.05, 4.69) is 25.7 Å². The third-order valence-electron chi connectivity index (χ3n) is 3.84. The molecule has 0 aliphatic heterocycles. The normalized spacial score (nSPS) is 10.9. The highest BCUT2D eigenvalue weighted by atomic mass is 127. The fourth-order valence-corrected chi connectivity index (χ4v) is 2.51. The quantitative estimate of drug-likeness (QED) is 0.217. The average molecular weight is 518 g/mol. The number of benzene rings is 2. The third-order valence-corrected chi connectivity index (χ3v) is 3.84. The van der Waals surface area contributed by atoms with Crippen LogP contribution in [0.5, 0.6) is 5.75 Å². The maximum absolute atomic E-state index is 12.5. The number of aryl methyl sites for hydroxylation is 1. The van der Waals surface area contributed by atoms with E-state index in [0.717, 1.165) is 5.56 Å². The zero-order chi connectivity index (χ0) is 20.4. The van der Waals surface area contributed by atoms with Gasteiger partial charge in [0.05, 0.1) is 0 Å². The molecule has 0 aliphatic carbocycles. The summed E-state index contributed by atoms with van der Waals surface area (Å²) in [7, 11) is 1.60. The summed E-state index contributed by atoms with van der Waals surface area (Å²) in [5, 5.41) is 8.90. The Morgan fingerprint density at radius 2 is 1.79 bits per heavy atom. The van der Waals surface area contributed by atoms with E-state index in [0.29, 0.717) is 30.2 Å². The Morgan fingerprint density at radius 3 is 2.48 bits per heavy atom. The number of nitrogens with one attached hydrogen (secondary N) is 3. The number of halogens is 3. The van der Waals surface area contributed by atoms with Crippen LogP contribution in [0.2, 0.25) is 0 Å². The first kappa shape index (κ1) is 24.6. The number of amides is 1. The summed E-state index contributed by atoms with van der Waals surface area (Å²) < 4.78 is 29.4. The van der Waals surface area contributed by atoms with Crippen molar-refractivity contribution in [1.29, 1.82) is 0 Å². The number of carbonyl (C=O) groups is 1. The second-order valence-corrected chi connectivity index (χ2v) is 5.96. The van der Waals surface area contributed by atoms with E-state index < -0.39 is 6.61 Å². The van der Waals surface area contributed by atoms with Crippen molar-refractivity contribution >= 4 is 35.8 Å². The molecular formula is C20H25F2IN4O2. The Balaban J connectivity index is 0.00000420. The molecule has 0 aromatic heterocycles. The van der Waals surface area contributed by atoms with Crippen LogP contribution in [0.1, 0.15) is 21.5 Å². The summed E-state index contributed by atoms with van der Waals surface area (Å²) in [6.45, 7) is 0.164. The van der Waals surface area contributed by atoms with Gasteiger partial charge in [0.1, 0.15) is 5.75 Å². The predicted octanol–water partition coefficient (Wildman–Crippen LogP) is 3.31. The second kappa shape index (κ2) is 12.9. The number of rotatable bonds is 8. The molecule has 158 valence electrons. The first-order valence-electron chi connectivity index (χ1n) is 8.81. The van der Waals surface area contributed by atoms with Crippen molar-refractivity contribution in [3.8, 4) is 5.75 Å². The summed E-state index contributed by atoms with van der Waals surface area (Å²) in [6.07, 6.45) is 0. The molecule has 0 saturated carbocycles. The number of guanidine groups is 1. The fourth-order valence-electron chi connectivity index (χ4n) is 2.51. The summed E-state index contributed by atoms with van der Waals surface area (Å²) in [5.41, 5.74) is 2.21. The first-order chi connectivity index (χ1) is 13.5. The van der Waals surface area contributed by atoms with E-state index in [9.17, 15) is 13.6 Å². The lowest BCUT2D eigenvalue weighted by atomic mass is 10.1. The SMILES string of the molecule is CN=C(NCCNC(=O)c1cccc(C)c1)NCc1ccccc1OC(F)F.I. The number of alkyl halides is 2. The topological polar surface area (TPSA) is 74.8 Å². The molecule has 2 rings (SSSR count). The van der Waals surface area contributed by atoms with Crippen LogP contribution in [0, 0.1) is 6.92 Å². The molecule has 0 aliphatic rings. The van der Waals surface area contributed by atoms with Crippen molar-refractivity contribution in [3.05, 3.63) is 65.2 Å². The Kier molecular flexibility index (Phi) is 11.0. The molecule has 0 saturated heterocycles. The lowest BCUT2D eigenvalue weighted by Gasteiger charge is -2.14. The van der Waals surface area contributed by atoms with E-state index in [1.54, 1.807) is 31.3 Å². The Bertz CT molecular complexity index is 819. The van der Waals surface area contributed by atoms with Gasteiger partial charge < -0.3 is 20.7 Å². The van der Waals surface area contributed by atoms with Crippen LogP contribution < -0.4 is 20.7 Å². The van der Waals surface area contributed by atoms with Crippen molar-refractivity contribution in [2.24, 2.45) is 4.99 Å².